The first kappa shape index (κ1) is 17.8. The highest BCUT2D eigenvalue weighted by molar-refractivity contribution is 5.79. The van der Waals surface area contributed by atoms with Gasteiger partial charge in [-0.2, -0.15) is 0 Å². The molecule has 2 rings (SSSR count). The summed E-state index contributed by atoms with van der Waals surface area (Å²) in [5, 5.41) is 0. The minimum absolute atomic E-state index is 0.140. The number of benzene rings is 1. The number of hydrogen-bond acceptors (Lipinski definition) is 3. The number of likely N-dealkylation sites (N-methyl/N-ethyl adjacent to an activating group) is 1. The van der Waals surface area contributed by atoms with Gasteiger partial charge >= 0.3 is 0 Å². The summed E-state index contributed by atoms with van der Waals surface area (Å²) in [5.74, 6) is 0.987. The molecule has 1 saturated carbocycles. The summed E-state index contributed by atoms with van der Waals surface area (Å²) in [6.45, 7) is 4.31. The lowest BCUT2D eigenvalue weighted by atomic mass is 9.86. The van der Waals surface area contributed by atoms with Crippen LogP contribution in [-0.2, 0) is 11.2 Å². The van der Waals surface area contributed by atoms with Crippen LogP contribution in [0.15, 0.2) is 24.3 Å². The second-order valence-corrected chi connectivity index (χ2v) is 6.61. The van der Waals surface area contributed by atoms with E-state index in [4.69, 9.17) is 10.5 Å². The maximum absolute atomic E-state index is 12.5. The van der Waals surface area contributed by atoms with Crippen LogP contribution < -0.4 is 10.5 Å². The predicted octanol–water partition coefficient (Wildman–Crippen LogP) is 3.13. The number of carbonyl (C=O) groups excluding carboxylic acids is 1. The van der Waals surface area contributed by atoms with Crippen molar-refractivity contribution in [2.45, 2.75) is 70.6 Å². The van der Waals surface area contributed by atoms with Crippen molar-refractivity contribution in [3.63, 3.8) is 0 Å². The Morgan fingerprint density at radius 1 is 1.35 bits per heavy atom. The van der Waals surface area contributed by atoms with Crippen molar-refractivity contribution in [1.29, 1.82) is 0 Å². The molecular formula is C19H30N2O2. The van der Waals surface area contributed by atoms with E-state index in [2.05, 4.69) is 13.8 Å². The molecule has 1 aromatic rings. The van der Waals surface area contributed by atoms with Gasteiger partial charge in [0.25, 0.3) is 0 Å². The number of ether oxygens (including phenoxy) is 1. The van der Waals surface area contributed by atoms with Gasteiger partial charge in [-0.3, -0.25) is 4.79 Å². The normalized spacial score (nSPS) is 21.4. The topological polar surface area (TPSA) is 55.6 Å². The van der Waals surface area contributed by atoms with Crippen molar-refractivity contribution in [1.82, 2.24) is 4.90 Å². The molecule has 23 heavy (non-hydrogen) atoms. The van der Waals surface area contributed by atoms with Crippen molar-refractivity contribution in [2.24, 2.45) is 5.73 Å². The Labute approximate surface area is 140 Å². The number of carbonyl (C=O) groups is 1. The van der Waals surface area contributed by atoms with Crippen LogP contribution in [0.5, 0.6) is 5.75 Å². The molecule has 0 spiro atoms. The third-order valence-electron chi connectivity index (χ3n) is 4.76. The van der Waals surface area contributed by atoms with Gasteiger partial charge in [-0.15, -0.1) is 0 Å². The van der Waals surface area contributed by atoms with Gasteiger partial charge in [0.15, 0.2) is 0 Å². The van der Waals surface area contributed by atoms with Gasteiger partial charge in [0.05, 0.1) is 12.5 Å². The Balaban J connectivity index is 2.00. The van der Waals surface area contributed by atoms with Gasteiger partial charge in [0, 0.05) is 24.7 Å². The molecule has 2 N–H and O–H groups in total. The molecule has 0 saturated heterocycles. The lowest BCUT2D eigenvalue weighted by Gasteiger charge is -2.39. The number of amides is 1. The van der Waals surface area contributed by atoms with Crippen LogP contribution in [0, 0.1) is 0 Å². The maximum atomic E-state index is 12.5. The minimum Gasteiger partial charge on any atom is -0.490 e. The number of rotatable bonds is 8. The van der Waals surface area contributed by atoms with Crippen LogP contribution in [-0.4, -0.2) is 36.0 Å². The van der Waals surface area contributed by atoms with Crippen LogP contribution in [0.2, 0.25) is 0 Å². The van der Waals surface area contributed by atoms with Crippen LogP contribution in [0.25, 0.3) is 0 Å². The smallest absolute Gasteiger partial charge is 0.227 e. The van der Waals surface area contributed by atoms with Crippen molar-refractivity contribution in [3.8, 4) is 5.75 Å². The third-order valence-corrected chi connectivity index (χ3v) is 4.76. The molecule has 0 bridgehead atoms. The molecule has 4 nitrogen and oxygen atoms in total. The average Bonchev–Trinajstić information content (AvgIpc) is 2.52. The van der Waals surface area contributed by atoms with E-state index in [0.717, 1.165) is 43.4 Å². The summed E-state index contributed by atoms with van der Waals surface area (Å²) in [4.78, 5) is 14.4. The molecular weight excluding hydrogens is 288 g/mol. The van der Waals surface area contributed by atoms with E-state index in [9.17, 15) is 4.79 Å². The molecule has 0 aromatic heterocycles. The summed E-state index contributed by atoms with van der Waals surface area (Å²) in [6.07, 6.45) is 5.56. The molecule has 1 aromatic carbocycles. The Kier molecular flexibility index (Phi) is 6.46. The highest BCUT2D eigenvalue weighted by atomic mass is 16.5. The second kappa shape index (κ2) is 8.34. The molecule has 1 unspecified atom stereocenters. The largest absolute Gasteiger partial charge is 0.490 e. The summed E-state index contributed by atoms with van der Waals surface area (Å²) in [7, 11) is 1.88. The lowest BCUT2D eigenvalue weighted by molar-refractivity contribution is -0.133. The van der Waals surface area contributed by atoms with E-state index < -0.39 is 0 Å². The number of hydrogen-bond donors (Lipinski definition) is 1. The second-order valence-electron chi connectivity index (χ2n) is 6.61. The molecule has 1 amide bonds. The lowest BCUT2D eigenvalue weighted by Crippen LogP contribution is -2.51. The van der Waals surface area contributed by atoms with Crippen molar-refractivity contribution in [3.05, 3.63) is 29.8 Å². The number of nitrogens with two attached hydrogens (primary N) is 1. The van der Waals surface area contributed by atoms with Gasteiger partial charge in [-0.25, -0.2) is 0 Å². The van der Waals surface area contributed by atoms with Crippen LogP contribution >= 0.6 is 0 Å². The summed E-state index contributed by atoms with van der Waals surface area (Å²) < 4.78 is 6.14. The van der Waals surface area contributed by atoms with E-state index in [1.54, 1.807) is 0 Å². The van der Waals surface area contributed by atoms with Gasteiger partial charge in [-0.05, 0) is 31.7 Å². The SMILES string of the molecule is CCCC(CC)Oc1ccccc1CC(=O)N(C)[C@H]1C[C@H](N)C1. The standard InChI is InChI=1S/C19H30N2O2/c1-4-8-17(5-2)23-18-10-7-6-9-14(18)11-19(22)21(3)16-12-15(20)13-16/h6-7,9-10,15-17H,4-5,8,11-13,20H2,1-3H3/t15-,16-,17?. The van der Waals surface area contributed by atoms with Gasteiger partial charge in [0.2, 0.25) is 5.91 Å². The molecule has 1 atom stereocenters. The van der Waals surface area contributed by atoms with Crippen molar-refractivity contribution >= 4 is 5.91 Å². The quantitative estimate of drug-likeness (QED) is 0.801. The van der Waals surface area contributed by atoms with Gasteiger partial charge < -0.3 is 15.4 Å². The molecule has 1 aliphatic carbocycles. The van der Waals surface area contributed by atoms with E-state index in [0.29, 0.717) is 12.5 Å². The molecule has 1 aliphatic rings. The summed E-state index contributed by atoms with van der Waals surface area (Å²) in [5.41, 5.74) is 6.80. The Bertz CT molecular complexity index is 512. The van der Waals surface area contributed by atoms with Gasteiger partial charge in [-0.1, -0.05) is 38.5 Å². The molecule has 0 heterocycles. The molecule has 128 valence electrons. The molecule has 1 fully saturated rings. The zero-order valence-corrected chi connectivity index (χ0v) is 14.6. The monoisotopic (exact) mass is 318 g/mol. The Morgan fingerprint density at radius 3 is 2.65 bits per heavy atom. The highest BCUT2D eigenvalue weighted by Crippen LogP contribution is 2.26. The highest BCUT2D eigenvalue weighted by Gasteiger charge is 2.31. The third kappa shape index (κ3) is 4.71. The maximum Gasteiger partial charge on any atom is 0.227 e. The van der Waals surface area contributed by atoms with Crippen LogP contribution in [0.3, 0.4) is 0 Å². The average molecular weight is 318 g/mol. The first-order valence-corrected chi connectivity index (χ1v) is 8.80. The van der Waals surface area contributed by atoms with Crippen molar-refractivity contribution < 1.29 is 9.53 Å². The summed E-state index contributed by atoms with van der Waals surface area (Å²) >= 11 is 0. The fourth-order valence-electron chi connectivity index (χ4n) is 3.05. The van der Waals surface area contributed by atoms with Crippen LogP contribution in [0.1, 0.15) is 51.5 Å². The molecule has 0 radical (unpaired) electrons. The minimum atomic E-state index is 0.140. The fourth-order valence-corrected chi connectivity index (χ4v) is 3.05. The molecule has 0 aliphatic heterocycles. The van der Waals surface area contributed by atoms with Crippen LogP contribution in [0.4, 0.5) is 0 Å². The first-order valence-electron chi connectivity index (χ1n) is 8.80. The zero-order valence-electron chi connectivity index (χ0n) is 14.6. The number of nitrogens with zero attached hydrogens (tertiary/aromatic N) is 1. The fraction of sp³-hybridized carbons (Fsp3) is 0.632. The Morgan fingerprint density at radius 2 is 2.04 bits per heavy atom. The van der Waals surface area contributed by atoms with E-state index in [1.807, 2.05) is 36.2 Å². The first-order chi connectivity index (χ1) is 11.0. The Hall–Kier alpha value is -1.55. The van der Waals surface area contributed by atoms with Gasteiger partial charge in [0.1, 0.15) is 5.75 Å². The zero-order chi connectivity index (χ0) is 16.8. The van der Waals surface area contributed by atoms with E-state index in [1.165, 1.54) is 0 Å². The van der Waals surface area contributed by atoms with Crippen molar-refractivity contribution in [2.75, 3.05) is 7.05 Å². The molecule has 4 heteroatoms. The predicted molar refractivity (Wildman–Crippen MR) is 93.5 cm³/mol. The van der Waals surface area contributed by atoms with E-state index >= 15 is 0 Å². The van der Waals surface area contributed by atoms with E-state index in [-0.39, 0.29) is 18.1 Å². The summed E-state index contributed by atoms with van der Waals surface area (Å²) in [6, 6.07) is 8.46. The number of para-hydroxylation sites is 1.